The van der Waals surface area contributed by atoms with E-state index in [4.69, 9.17) is 10.8 Å². The van der Waals surface area contributed by atoms with Crippen LogP contribution in [-0.4, -0.2) is 27.1 Å². The molecule has 4 N–H and O–H groups in total. The minimum Gasteiger partial charge on any atom is -0.480 e. The quantitative estimate of drug-likeness (QED) is 0.569. The van der Waals surface area contributed by atoms with E-state index < -0.39 is 12.0 Å². The summed E-state index contributed by atoms with van der Waals surface area (Å²) in [5, 5.41) is 8.48. The van der Waals surface area contributed by atoms with Crippen LogP contribution in [-0.2, 0) is 11.2 Å². The molecule has 1 rings (SSSR count). The third kappa shape index (κ3) is 2.06. The molecule has 0 saturated heterocycles. The number of imidazole rings is 1. The van der Waals surface area contributed by atoms with Crippen molar-refractivity contribution in [3.63, 3.8) is 0 Å². The van der Waals surface area contributed by atoms with Gasteiger partial charge in [0.2, 0.25) is 0 Å². The Bertz CT molecular complexity index is 282. The first-order valence-electron chi connectivity index (χ1n) is 3.44. The molecule has 0 fully saturated rings. The number of aromatic amines is 1. The Hall–Kier alpha value is -1.36. The van der Waals surface area contributed by atoms with E-state index in [1.165, 1.54) is 6.20 Å². The predicted octanol–water partition coefficient (Wildman–Crippen LogP) is -0.454. The fraction of sp³-hybridized carbons (Fsp3) is 0.286. The number of aliphatic carboxylic acids is 1. The van der Waals surface area contributed by atoms with Gasteiger partial charge in [0.15, 0.2) is 0 Å². The van der Waals surface area contributed by atoms with Crippen LogP contribution in [0.4, 0.5) is 0 Å². The molecule has 0 saturated carbocycles. The second-order valence-electron chi connectivity index (χ2n) is 2.50. The molecule has 0 amide bonds. The molecule has 1 atom stereocenters. The molecular weight excluding hydrogens is 158 g/mol. The van der Waals surface area contributed by atoms with Crippen molar-refractivity contribution in [3.8, 4) is 0 Å². The Morgan fingerprint density at radius 3 is 3.00 bits per heavy atom. The molecule has 1 radical (unpaired) electrons. The zero-order chi connectivity index (χ0) is 9.14. The van der Waals surface area contributed by atoms with E-state index >= 15 is 0 Å². The standard InChI is InChI=1S/C7H10N3O2/c1-4-9-3-5(10-4)2-6(8)7(11)12/h3,6H,1-2,8H2,(H,9,10)(H,11,12)/t6-/m0/s1. The fourth-order valence-electron chi connectivity index (χ4n) is 0.834. The van der Waals surface area contributed by atoms with E-state index in [0.717, 1.165) is 0 Å². The molecule has 0 unspecified atom stereocenters. The minimum atomic E-state index is -1.02. The number of hydrogen-bond donors (Lipinski definition) is 3. The first-order chi connectivity index (χ1) is 5.59. The smallest absolute Gasteiger partial charge is 0.320 e. The SMILES string of the molecule is [CH2]c1ncc(C[C@H](N)C(=O)O)[nH]1. The zero-order valence-electron chi connectivity index (χ0n) is 6.45. The number of carboxylic acid groups (broad SMARTS) is 1. The number of carbonyl (C=O) groups is 1. The summed E-state index contributed by atoms with van der Waals surface area (Å²) in [7, 11) is 0. The highest BCUT2D eigenvalue weighted by molar-refractivity contribution is 5.73. The van der Waals surface area contributed by atoms with Gasteiger partial charge < -0.3 is 15.8 Å². The van der Waals surface area contributed by atoms with Crippen molar-refractivity contribution in [2.45, 2.75) is 12.5 Å². The molecule has 1 heterocycles. The number of nitrogens with two attached hydrogens (primary N) is 1. The molecule has 1 aromatic rings. The van der Waals surface area contributed by atoms with E-state index in [-0.39, 0.29) is 6.42 Å². The van der Waals surface area contributed by atoms with Crippen LogP contribution in [0.3, 0.4) is 0 Å². The number of aromatic nitrogens is 2. The molecule has 65 valence electrons. The molecule has 5 heteroatoms. The van der Waals surface area contributed by atoms with E-state index in [9.17, 15) is 4.79 Å². The summed E-state index contributed by atoms with van der Waals surface area (Å²) in [5.41, 5.74) is 5.98. The lowest BCUT2D eigenvalue weighted by Gasteiger charge is -2.02. The van der Waals surface area contributed by atoms with Crippen molar-refractivity contribution in [2.75, 3.05) is 0 Å². The van der Waals surface area contributed by atoms with Crippen molar-refractivity contribution in [2.24, 2.45) is 5.73 Å². The predicted molar refractivity (Wildman–Crippen MR) is 42.4 cm³/mol. The van der Waals surface area contributed by atoms with Crippen LogP contribution >= 0.6 is 0 Å². The average molecular weight is 168 g/mol. The topological polar surface area (TPSA) is 92.0 Å². The summed E-state index contributed by atoms with van der Waals surface area (Å²) < 4.78 is 0. The van der Waals surface area contributed by atoms with Crippen molar-refractivity contribution in [3.05, 3.63) is 24.6 Å². The van der Waals surface area contributed by atoms with Crippen LogP contribution in [0.5, 0.6) is 0 Å². The van der Waals surface area contributed by atoms with Crippen molar-refractivity contribution in [1.82, 2.24) is 9.97 Å². The van der Waals surface area contributed by atoms with Crippen LogP contribution in [0.2, 0.25) is 0 Å². The normalized spacial score (nSPS) is 12.8. The third-order valence-corrected chi connectivity index (χ3v) is 1.44. The molecule has 0 aromatic carbocycles. The highest BCUT2D eigenvalue weighted by Gasteiger charge is 2.12. The zero-order valence-corrected chi connectivity index (χ0v) is 6.45. The number of H-pyrrole nitrogens is 1. The van der Waals surface area contributed by atoms with Gasteiger partial charge in [-0.3, -0.25) is 4.79 Å². The Balaban J connectivity index is 2.58. The van der Waals surface area contributed by atoms with E-state index in [2.05, 4.69) is 16.9 Å². The van der Waals surface area contributed by atoms with E-state index in [0.29, 0.717) is 11.5 Å². The molecule has 0 aliphatic heterocycles. The first-order valence-corrected chi connectivity index (χ1v) is 3.44. The molecule has 5 nitrogen and oxygen atoms in total. The first kappa shape index (κ1) is 8.73. The van der Waals surface area contributed by atoms with Crippen molar-refractivity contribution >= 4 is 5.97 Å². The second-order valence-corrected chi connectivity index (χ2v) is 2.50. The van der Waals surface area contributed by atoms with Gasteiger partial charge >= 0.3 is 5.97 Å². The molecular formula is C7H10N3O2. The number of nitrogens with zero attached hydrogens (tertiary/aromatic N) is 1. The van der Waals surface area contributed by atoms with Gasteiger partial charge in [-0.25, -0.2) is 4.98 Å². The van der Waals surface area contributed by atoms with Crippen LogP contribution in [0.15, 0.2) is 6.20 Å². The maximum atomic E-state index is 10.3. The molecule has 1 aromatic heterocycles. The van der Waals surface area contributed by atoms with Gasteiger partial charge in [-0.05, 0) is 0 Å². The van der Waals surface area contributed by atoms with Crippen molar-refractivity contribution < 1.29 is 9.90 Å². The largest absolute Gasteiger partial charge is 0.480 e. The lowest BCUT2D eigenvalue weighted by atomic mass is 10.2. The van der Waals surface area contributed by atoms with Gasteiger partial charge in [-0.1, -0.05) is 0 Å². The Morgan fingerprint density at radius 2 is 2.58 bits per heavy atom. The van der Waals surface area contributed by atoms with Gasteiger partial charge in [0.05, 0.1) is 0 Å². The van der Waals surface area contributed by atoms with Gasteiger partial charge in [0, 0.05) is 25.2 Å². The monoisotopic (exact) mass is 168 g/mol. The molecule has 0 spiro atoms. The van der Waals surface area contributed by atoms with Crippen LogP contribution in [0.1, 0.15) is 11.5 Å². The summed E-state index contributed by atoms with van der Waals surface area (Å²) in [6.45, 7) is 3.54. The molecule has 0 aliphatic carbocycles. The van der Waals surface area contributed by atoms with E-state index in [1.807, 2.05) is 0 Å². The van der Waals surface area contributed by atoms with Crippen LogP contribution < -0.4 is 5.73 Å². The third-order valence-electron chi connectivity index (χ3n) is 1.44. The van der Waals surface area contributed by atoms with E-state index in [1.54, 1.807) is 0 Å². The highest BCUT2D eigenvalue weighted by atomic mass is 16.4. The molecule has 0 aliphatic rings. The summed E-state index contributed by atoms with van der Waals surface area (Å²) in [5.74, 6) is -0.502. The Morgan fingerprint density at radius 1 is 1.92 bits per heavy atom. The second kappa shape index (κ2) is 3.36. The summed E-state index contributed by atoms with van der Waals surface area (Å²) in [6.07, 6.45) is 1.78. The maximum absolute atomic E-state index is 10.3. The lowest BCUT2D eigenvalue weighted by molar-refractivity contribution is -0.138. The van der Waals surface area contributed by atoms with Gasteiger partial charge in [0.1, 0.15) is 11.9 Å². The van der Waals surface area contributed by atoms with Crippen molar-refractivity contribution in [1.29, 1.82) is 0 Å². The fourth-order valence-corrected chi connectivity index (χ4v) is 0.834. The van der Waals surface area contributed by atoms with Gasteiger partial charge in [-0.2, -0.15) is 0 Å². The number of carboxylic acids is 1. The number of nitrogens with one attached hydrogen (secondary N) is 1. The average Bonchev–Trinajstić information content (AvgIpc) is 2.35. The molecule has 0 bridgehead atoms. The minimum absolute atomic E-state index is 0.248. The lowest BCUT2D eigenvalue weighted by Crippen LogP contribution is -2.32. The summed E-state index contributed by atoms with van der Waals surface area (Å²) in [6, 6.07) is -0.884. The highest BCUT2D eigenvalue weighted by Crippen LogP contribution is 1.98. The van der Waals surface area contributed by atoms with Crippen LogP contribution in [0.25, 0.3) is 0 Å². The molecule has 12 heavy (non-hydrogen) atoms. The van der Waals surface area contributed by atoms with Crippen LogP contribution in [0, 0.1) is 6.92 Å². The van der Waals surface area contributed by atoms with Gasteiger partial charge in [-0.15, -0.1) is 0 Å². The number of rotatable bonds is 3. The van der Waals surface area contributed by atoms with Gasteiger partial charge in [0.25, 0.3) is 0 Å². The summed E-state index contributed by atoms with van der Waals surface area (Å²) >= 11 is 0. The maximum Gasteiger partial charge on any atom is 0.320 e. The summed E-state index contributed by atoms with van der Waals surface area (Å²) in [4.78, 5) is 16.9. The Kier molecular flexibility index (Phi) is 2.44. The number of hydrogen-bond acceptors (Lipinski definition) is 3. The Labute approximate surface area is 69.6 Å².